The van der Waals surface area contributed by atoms with Crippen LogP contribution in [0, 0.1) is 0 Å². The van der Waals surface area contributed by atoms with Crippen LogP contribution in [0.1, 0.15) is 25.3 Å². The topological polar surface area (TPSA) is 34.1 Å². The van der Waals surface area contributed by atoms with Gasteiger partial charge < -0.3 is 0 Å². The second-order valence-corrected chi connectivity index (χ2v) is 8.82. The normalized spacial score (nSPS) is 12.6. The minimum atomic E-state index is -2.98. The summed E-state index contributed by atoms with van der Waals surface area (Å²) in [4.78, 5) is 0. The molecule has 1 rings (SSSR count). The zero-order valence-corrected chi connectivity index (χ0v) is 16.2. The molecule has 0 aromatic heterocycles. The first-order chi connectivity index (χ1) is 9.39. The third-order valence-corrected chi connectivity index (χ3v) is 7.59. The van der Waals surface area contributed by atoms with Crippen LogP contribution in [0.3, 0.4) is 0 Å². The van der Waals surface area contributed by atoms with Crippen LogP contribution in [0.25, 0.3) is 0 Å². The van der Waals surface area contributed by atoms with Crippen molar-refractivity contribution in [2.75, 3.05) is 22.2 Å². The first-order valence-electron chi connectivity index (χ1n) is 6.47. The van der Waals surface area contributed by atoms with Gasteiger partial charge in [0.05, 0.1) is 5.75 Å². The van der Waals surface area contributed by atoms with E-state index in [-0.39, 0.29) is 16.9 Å². The number of alkyl halides is 2. The molecule has 6 heteroatoms. The number of benzene rings is 1. The Bertz CT molecular complexity index is 528. The van der Waals surface area contributed by atoms with Crippen molar-refractivity contribution in [3.63, 3.8) is 0 Å². The highest BCUT2D eigenvalue weighted by molar-refractivity contribution is 9.09. The van der Waals surface area contributed by atoms with E-state index < -0.39 is 9.84 Å². The Balaban J connectivity index is 2.99. The molecule has 0 atom stereocenters. The van der Waals surface area contributed by atoms with Gasteiger partial charge in [-0.2, -0.15) is 0 Å². The summed E-state index contributed by atoms with van der Waals surface area (Å²) in [6.07, 6.45) is 1.24. The van der Waals surface area contributed by atoms with Crippen LogP contribution in [-0.4, -0.2) is 30.6 Å². The lowest BCUT2D eigenvalue weighted by Gasteiger charge is -2.31. The quantitative estimate of drug-likeness (QED) is 0.548. The minimum absolute atomic E-state index is 0.199. The molecule has 0 saturated heterocycles. The van der Waals surface area contributed by atoms with Crippen molar-refractivity contribution in [3.8, 4) is 0 Å². The van der Waals surface area contributed by atoms with E-state index in [9.17, 15) is 8.42 Å². The van der Waals surface area contributed by atoms with Gasteiger partial charge in [0.1, 0.15) is 9.84 Å². The predicted octanol–water partition coefficient (Wildman–Crippen LogP) is 4.58. The second kappa shape index (κ2) is 8.16. The number of hydrogen-bond acceptors (Lipinski definition) is 2. The Kier molecular flexibility index (Phi) is 7.53. The molecule has 0 saturated carbocycles. The van der Waals surface area contributed by atoms with Crippen molar-refractivity contribution >= 4 is 53.3 Å². The lowest BCUT2D eigenvalue weighted by atomic mass is 9.82. The number of halogens is 3. The molecule has 0 fully saturated rings. The van der Waals surface area contributed by atoms with Gasteiger partial charge in [0.2, 0.25) is 0 Å². The lowest BCUT2D eigenvalue weighted by Crippen LogP contribution is -2.33. The molecule has 0 aliphatic carbocycles. The third-order valence-electron chi connectivity index (χ3n) is 3.36. The average molecular weight is 447 g/mol. The molecule has 2 nitrogen and oxygen atoms in total. The van der Waals surface area contributed by atoms with Crippen LogP contribution in [0.2, 0.25) is 5.02 Å². The van der Waals surface area contributed by atoms with Gasteiger partial charge in [-0.05, 0) is 30.5 Å². The molecule has 1 aromatic carbocycles. The molecule has 0 N–H and O–H groups in total. The molecule has 0 aliphatic rings. The standard InChI is InChI=1S/C14H19Br2ClO2S/c1-2-7-20(18,19)8-6-14(10-15,11-16)12-4-3-5-13(17)9-12/h3-5,9H,2,6-8,10-11H2,1H3. The molecule has 1 aromatic rings. The molecule has 0 radical (unpaired) electrons. The van der Waals surface area contributed by atoms with Gasteiger partial charge in [-0.1, -0.05) is 62.5 Å². The van der Waals surface area contributed by atoms with Crippen LogP contribution in [0.15, 0.2) is 24.3 Å². The Morgan fingerprint density at radius 1 is 1.20 bits per heavy atom. The van der Waals surface area contributed by atoms with E-state index in [4.69, 9.17) is 11.6 Å². The SMILES string of the molecule is CCCS(=O)(=O)CCC(CBr)(CBr)c1cccc(Cl)c1. The molecule has 0 heterocycles. The van der Waals surface area contributed by atoms with Crippen LogP contribution < -0.4 is 0 Å². The van der Waals surface area contributed by atoms with E-state index in [2.05, 4.69) is 31.9 Å². The number of rotatable bonds is 8. The zero-order valence-electron chi connectivity index (χ0n) is 11.4. The Morgan fingerprint density at radius 2 is 1.85 bits per heavy atom. The van der Waals surface area contributed by atoms with Crippen molar-refractivity contribution < 1.29 is 8.42 Å². The fraction of sp³-hybridized carbons (Fsp3) is 0.571. The van der Waals surface area contributed by atoms with Gasteiger partial charge in [-0.25, -0.2) is 8.42 Å². The van der Waals surface area contributed by atoms with Crippen LogP contribution >= 0.6 is 43.5 Å². The summed E-state index contributed by atoms with van der Waals surface area (Å²) in [5.74, 6) is 0.452. The summed E-state index contributed by atoms with van der Waals surface area (Å²) < 4.78 is 23.9. The summed E-state index contributed by atoms with van der Waals surface area (Å²) in [6.45, 7) is 1.89. The van der Waals surface area contributed by atoms with E-state index in [1.807, 2.05) is 31.2 Å². The number of sulfone groups is 1. The summed E-state index contributed by atoms with van der Waals surface area (Å²) in [5, 5.41) is 2.05. The monoisotopic (exact) mass is 444 g/mol. The van der Waals surface area contributed by atoms with Gasteiger partial charge in [-0.3, -0.25) is 0 Å². The fourth-order valence-electron chi connectivity index (χ4n) is 2.05. The molecule has 0 aliphatic heterocycles. The van der Waals surface area contributed by atoms with Crippen molar-refractivity contribution in [3.05, 3.63) is 34.9 Å². The fourth-order valence-corrected chi connectivity index (χ4v) is 5.91. The van der Waals surface area contributed by atoms with E-state index in [0.717, 1.165) is 5.56 Å². The largest absolute Gasteiger partial charge is 0.229 e. The lowest BCUT2D eigenvalue weighted by molar-refractivity contribution is 0.523. The molecular weight excluding hydrogens is 427 g/mol. The minimum Gasteiger partial charge on any atom is -0.229 e. The maximum absolute atomic E-state index is 12.0. The first kappa shape index (κ1) is 18.5. The molecule has 0 amide bonds. The first-order valence-corrected chi connectivity index (χ1v) is 10.9. The summed E-state index contributed by atoms with van der Waals surface area (Å²) in [7, 11) is -2.98. The smallest absolute Gasteiger partial charge is 0.150 e. The van der Waals surface area contributed by atoms with Gasteiger partial charge >= 0.3 is 0 Å². The van der Waals surface area contributed by atoms with Crippen molar-refractivity contribution in [1.82, 2.24) is 0 Å². The Hall–Kier alpha value is 0.420. The summed E-state index contributed by atoms with van der Waals surface area (Å²) >= 11 is 13.1. The maximum atomic E-state index is 12.0. The van der Waals surface area contributed by atoms with Crippen LogP contribution in [0.5, 0.6) is 0 Å². The molecule has 0 unspecified atom stereocenters. The van der Waals surface area contributed by atoms with Crippen molar-refractivity contribution in [2.24, 2.45) is 0 Å². The van der Waals surface area contributed by atoms with Crippen LogP contribution in [0.4, 0.5) is 0 Å². The van der Waals surface area contributed by atoms with Crippen molar-refractivity contribution in [1.29, 1.82) is 0 Å². The molecule has 114 valence electrons. The highest BCUT2D eigenvalue weighted by atomic mass is 79.9. The highest BCUT2D eigenvalue weighted by Crippen LogP contribution is 2.34. The molecule has 0 spiro atoms. The third kappa shape index (κ3) is 5.00. The Labute approximate surface area is 143 Å². The molecular formula is C14H19Br2ClO2S. The average Bonchev–Trinajstić information content (AvgIpc) is 2.40. The second-order valence-electron chi connectivity index (χ2n) is 4.96. The van der Waals surface area contributed by atoms with E-state index in [0.29, 0.717) is 28.5 Å². The summed E-state index contributed by atoms with van der Waals surface area (Å²) in [6, 6.07) is 7.64. The van der Waals surface area contributed by atoms with Gasteiger partial charge in [-0.15, -0.1) is 0 Å². The highest BCUT2D eigenvalue weighted by Gasteiger charge is 2.31. The van der Waals surface area contributed by atoms with E-state index in [1.54, 1.807) is 0 Å². The molecule has 0 bridgehead atoms. The maximum Gasteiger partial charge on any atom is 0.150 e. The van der Waals surface area contributed by atoms with E-state index in [1.165, 1.54) is 0 Å². The number of hydrogen-bond donors (Lipinski definition) is 0. The predicted molar refractivity (Wildman–Crippen MR) is 94.3 cm³/mol. The van der Waals surface area contributed by atoms with Gasteiger partial charge in [0, 0.05) is 26.9 Å². The summed E-state index contributed by atoms with van der Waals surface area (Å²) in [5.41, 5.74) is 0.802. The molecule has 20 heavy (non-hydrogen) atoms. The van der Waals surface area contributed by atoms with Crippen molar-refractivity contribution in [2.45, 2.75) is 25.2 Å². The zero-order chi connectivity index (χ0) is 15.2. The Morgan fingerprint density at radius 3 is 2.35 bits per heavy atom. The van der Waals surface area contributed by atoms with Gasteiger partial charge in [0.15, 0.2) is 0 Å². The van der Waals surface area contributed by atoms with Crippen LogP contribution in [-0.2, 0) is 15.3 Å². The van der Waals surface area contributed by atoms with Gasteiger partial charge in [0.25, 0.3) is 0 Å². The van der Waals surface area contributed by atoms with E-state index >= 15 is 0 Å².